The molecule has 0 bridgehead atoms. The molecule has 0 radical (unpaired) electrons. The summed E-state index contributed by atoms with van der Waals surface area (Å²) in [5, 5.41) is 11.9. The number of carboxylic acids is 1. The van der Waals surface area contributed by atoms with Crippen LogP contribution in [0.25, 0.3) is 0 Å². The third kappa shape index (κ3) is 5.40. The lowest BCUT2D eigenvalue weighted by molar-refractivity contribution is -0.137. The number of carbonyl (C=O) groups is 2. The molecule has 3 N–H and O–H groups in total. The predicted octanol–water partition coefficient (Wildman–Crippen LogP) is 2.66. The number of hydrogen-bond donors (Lipinski definition) is 3. The topological polar surface area (TPSA) is 113 Å². The average Bonchev–Trinajstić information content (AvgIpc) is 2.67. The third-order valence-electron chi connectivity index (χ3n) is 4.36. The van der Waals surface area contributed by atoms with E-state index in [0.29, 0.717) is 11.5 Å². The van der Waals surface area contributed by atoms with Gasteiger partial charge in [-0.15, -0.1) is 0 Å². The van der Waals surface area contributed by atoms with Crippen LogP contribution in [-0.2, 0) is 14.8 Å². The van der Waals surface area contributed by atoms with Crippen LogP contribution < -0.4 is 10.0 Å². The van der Waals surface area contributed by atoms with Gasteiger partial charge in [0.2, 0.25) is 10.0 Å². The Hall–Kier alpha value is -2.71. The Labute approximate surface area is 164 Å². The second-order valence-electron chi connectivity index (χ2n) is 6.68. The molecular weight excluding hydrogens is 380 g/mol. The molecule has 0 saturated heterocycles. The SMILES string of the molecule is CNS(=O)(=O)c1cccc(C(=O)NC(CC(=O)O)c2ccc(C(C)C)cc2)c1. The fourth-order valence-electron chi connectivity index (χ4n) is 2.70. The second-order valence-corrected chi connectivity index (χ2v) is 8.57. The Morgan fingerprint density at radius 1 is 1.04 bits per heavy atom. The zero-order chi connectivity index (χ0) is 20.9. The van der Waals surface area contributed by atoms with Crippen molar-refractivity contribution in [2.24, 2.45) is 0 Å². The highest BCUT2D eigenvalue weighted by Crippen LogP contribution is 2.22. The van der Waals surface area contributed by atoms with Gasteiger partial charge >= 0.3 is 5.97 Å². The molecule has 7 nitrogen and oxygen atoms in total. The molecule has 0 fully saturated rings. The van der Waals surface area contributed by atoms with Crippen LogP contribution in [0.1, 0.15) is 53.7 Å². The van der Waals surface area contributed by atoms with E-state index in [1.807, 2.05) is 12.1 Å². The number of carbonyl (C=O) groups excluding carboxylic acids is 1. The fourth-order valence-corrected chi connectivity index (χ4v) is 3.48. The number of rotatable bonds is 8. The summed E-state index contributed by atoms with van der Waals surface area (Å²) in [7, 11) is -2.41. The summed E-state index contributed by atoms with van der Waals surface area (Å²) in [6, 6.07) is 12.2. The quantitative estimate of drug-likeness (QED) is 0.626. The van der Waals surface area contributed by atoms with Crippen LogP contribution >= 0.6 is 0 Å². The maximum Gasteiger partial charge on any atom is 0.305 e. The normalized spacial score (nSPS) is 12.6. The number of amides is 1. The fraction of sp³-hybridized carbons (Fsp3) is 0.300. The molecule has 1 atom stereocenters. The molecule has 0 aliphatic rings. The third-order valence-corrected chi connectivity index (χ3v) is 5.78. The van der Waals surface area contributed by atoms with E-state index in [1.54, 1.807) is 12.1 Å². The highest BCUT2D eigenvalue weighted by Gasteiger charge is 2.20. The van der Waals surface area contributed by atoms with Gasteiger partial charge in [-0.1, -0.05) is 44.2 Å². The maximum absolute atomic E-state index is 12.6. The summed E-state index contributed by atoms with van der Waals surface area (Å²) in [6.07, 6.45) is -0.290. The maximum atomic E-state index is 12.6. The highest BCUT2D eigenvalue weighted by molar-refractivity contribution is 7.89. The van der Waals surface area contributed by atoms with Gasteiger partial charge in [0.15, 0.2) is 0 Å². The Balaban J connectivity index is 2.28. The summed E-state index contributed by atoms with van der Waals surface area (Å²) >= 11 is 0. The van der Waals surface area contributed by atoms with Crippen molar-refractivity contribution in [2.75, 3.05) is 7.05 Å². The summed E-state index contributed by atoms with van der Waals surface area (Å²) in [4.78, 5) is 23.9. The molecule has 1 amide bonds. The molecule has 0 spiro atoms. The lowest BCUT2D eigenvalue weighted by Gasteiger charge is -2.18. The Kier molecular flexibility index (Phi) is 6.93. The monoisotopic (exact) mass is 404 g/mol. The lowest BCUT2D eigenvalue weighted by atomic mass is 9.97. The largest absolute Gasteiger partial charge is 0.481 e. The zero-order valence-electron chi connectivity index (χ0n) is 16.0. The highest BCUT2D eigenvalue weighted by atomic mass is 32.2. The number of nitrogens with one attached hydrogen (secondary N) is 2. The van der Waals surface area contributed by atoms with Gasteiger partial charge < -0.3 is 10.4 Å². The molecule has 0 aliphatic heterocycles. The van der Waals surface area contributed by atoms with Crippen molar-refractivity contribution < 1.29 is 23.1 Å². The molecule has 150 valence electrons. The van der Waals surface area contributed by atoms with Crippen LogP contribution in [0, 0.1) is 0 Å². The first-order valence-corrected chi connectivity index (χ1v) is 10.3. The molecular formula is C20H24N2O5S. The van der Waals surface area contributed by atoms with Gasteiger partial charge in [0.05, 0.1) is 17.4 Å². The van der Waals surface area contributed by atoms with Crippen molar-refractivity contribution in [2.45, 2.75) is 37.1 Å². The molecule has 0 aromatic heterocycles. The van der Waals surface area contributed by atoms with Gasteiger partial charge in [-0.25, -0.2) is 13.1 Å². The number of hydrogen-bond acceptors (Lipinski definition) is 4. The molecule has 8 heteroatoms. The predicted molar refractivity (Wildman–Crippen MR) is 106 cm³/mol. The summed E-state index contributed by atoms with van der Waals surface area (Å²) in [5.74, 6) is -1.27. The molecule has 2 aromatic carbocycles. The van der Waals surface area contributed by atoms with E-state index in [0.717, 1.165) is 5.56 Å². The minimum absolute atomic E-state index is 0.0429. The molecule has 1 unspecified atom stereocenters. The van der Waals surface area contributed by atoms with E-state index >= 15 is 0 Å². The van der Waals surface area contributed by atoms with Crippen LogP contribution in [0.4, 0.5) is 0 Å². The summed E-state index contributed by atoms with van der Waals surface area (Å²) in [6.45, 7) is 4.11. The smallest absolute Gasteiger partial charge is 0.305 e. The minimum Gasteiger partial charge on any atom is -0.481 e. The molecule has 0 aliphatic carbocycles. The van der Waals surface area contributed by atoms with E-state index in [9.17, 15) is 23.1 Å². The van der Waals surface area contributed by atoms with E-state index in [4.69, 9.17) is 0 Å². The van der Waals surface area contributed by atoms with Crippen LogP contribution in [-0.4, -0.2) is 32.4 Å². The van der Waals surface area contributed by atoms with Gasteiger partial charge in [-0.3, -0.25) is 9.59 Å². The summed E-state index contributed by atoms with van der Waals surface area (Å²) in [5.41, 5.74) is 1.90. The molecule has 28 heavy (non-hydrogen) atoms. The van der Waals surface area contributed by atoms with E-state index in [1.165, 1.54) is 31.3 Å². The van der Waals surface area contributed by atoms with Crippen LogP contribution in [0.3, 0.4) is 0 Å². The minimum atomic E-state index is -3.69. The number of carboxylic acid groups (broad SMARTS) is 1. The van der Waals surface area contributed by atoms with E-state index in [2.05, 4.69) is 23.9 Å². The van der Waals surface area contributed by atoms with Crippen LogP contribution in [0.2, 0.25) is 0 Å². The average molecular weight is 404 g/mol. The standard InChI is InChI=1S/C20H24N2O5S/c1-13(2)14-7-9-15(10-8-14)18(12-19(23)24)22-20(25)16-5-4-6-17(11-16)28(26,27)21-3/h4-11,13,18,21H,12H2,1-3H3,(H,22,25)(H,23,24). The van der Waals surface area contributed by atoms with Gasteiger partial charge in [0.25, 0.3) is 5.91 Å². The molecule has 0 heterocycles. The molecule has 0 saturated carbocycles. The van der Waals surface area contributed by atoms with Gasteiger partial charge in [0.1, 0.15) is 0 Å². The van der Waals surface area contributed by atoms with Crippen molar-refractivity contribution in [3.63, 3.8) is 0 Å². The zero-order valence-corrected chi connectivity index (χ0v) is 16.8. The van der Waals surface area contributed by atoms with Crippen molar-refractivity contribution in [3.05, 3.63) is 65.2 Å². The Morgan fingerprint density at radius 2 is 1.64 bits per heavy atom. The van der Waals surface area contributed by atoms with Crippen molar-refractivity contribution >= 4 is 21.9 Å². The first kappa shape index (κ1) is 21.6. The van der Waals surface area contributed by atoms with Gasteiger partial charge in [0, 0.05) is 5.56 Å². The second kappa shape index (κ2) is 8.99. The lowest BCUT2D eigenvalue weighted by Crippen LogP contribution is -2.30. The molecule has 2 rings (SSSR count). The van der Waals surface area contributed by atoms with E-state index < -0.39 is 27.9 Å². The van der Waals surface area contributed by atoms with Crippen molar-refractivity contribution in [1.82, 2.24) is 10.0 Å². The first-order valence-electron chi connectivity index (χ1n) is 8.80. The Morgan fingerprint density at radius 3 is 2.18 bits per heavy atom. The number of benzene rings is 2. The van der Waals surface area contributed by atoms with Crippen LogP contribution in [0.5, 0.6) is 0 Å². The van der Waals surface area contributed by atoms with Gasteiger partial charge in [-0.05, 0) is 42.3 Å². The number of sulfonamides is 1. The number of aliphatic carboxylic acids is 1. The van der Waals surface area contributed by atoms with Crippen molar-refractivity contribution in [1.29, 1.82) is 0 Å². The van der Waals surface area contributed by atoms with E-state index in [-0.39, 0.29) is 16.9 Å². The first-order chi connectivity index (χ1) is 13.1. The van der Waals surface area contributed by atoms with Crippen LogP contribution in [0.15, 0.2) is 53.4 Å². The Bertz CT molecular complexity index is 953. The molecule has 2 aromatic rings. The summed E-state index contributed by atoms with van der Waals surface area (Å²) < 4.78 is 26.1. The van der Waals surface area contributed by atoms with Gasteiger partial charge in [-0.2, -0.15) is 0 Å². The van der Waals surface area contributed by atoms with Crippen molar-refractivity contribution in [3.8, 4) is 0 Å².